The summed E-state index contributed by atoms with van der Waals surface area (Å²) >= 11 is 0. The normalized spacial score (nSPS) is 12.9. The first-order valence-corrected chi connectivity index (χ1v) is 8.86. The summed E-state index contributed by atoms with van der Waals surface area (Å²) in [5.74, 6) is -1.86. The monoisotopic (exact) mass is 363 g/mol. The molecule has 1 unspecified atom stereocenters. The van der Waals surface area contributed by atoms with E-state index in [0.717, 1.165) is 12.1 Å². The van der Waals surface area contributed by atoms with Gasteiger partial charge in [-0.15, -0.1) is 0 Å². The number of sulfonamides is 1. The molecule has 0 aliphatic rings. The molecule has 0 saturated carbocycles. The summed E-state index contributed by atoms with van der Waals surface area (Å²) in [6, 6.07) is 10.5. The topological polar surface area (TPSA) is 64.0 Å². The van der Waals surface area contributed by atoms with Crippen molar-refractivity contribution in [2.24, 2.45) is 7.05 Å². The lowest BCUT2D eigenvalue weighted by Gasteiger charge is -2.19. The Labute approximate surface area is 144 Å². The molecule has 1 N–H and O–H groups in total. The van der Waals surface area contributed by atoms with Crippen molar-refractivity contribution in [3.8, 4) is 0 Å². The van der Waals surface area contributed by atoms with Gasteiger partial charge in [0.2, 0.25) is 10.0 Å². The molecular weight excluding hydrogens is 348 g/mol. The first kappa shape index (κ1) is 17.2. The fraction of sp³-hybridized carbons (Fsp3) is 0.118. The van der Waals surface area contributed by atoms with Crippen molar-refractivity contribution in [2.75, 3.05) is 0 Å². The van der Waals surface area contributed by atoms with Crippen LogP contribution in [0.2, 0.25) is 0 Å². The fourth-order valence-electron chi connectivity index (χ4n) is 2.44. The Morgan fingerprint density at radius 1 is 1.08 bits per heavy atom. The molecule has 0 aliphatic heterocycles. The van der Waals surface area contributed by atoms with Crippen LogP contribution in [0.5, 0.6) is 0 Å². The summed E-state index contributed by atoms with van der Waals surface area (Å²) in [5, 5.41) is 0. The van der Waals surface area contributed by atoms with Gasteiger partial charge in [0, 0.05) is 19.4 Å². The second-order valence-electron chi connectivity index (χ2n) is 5.44. The van der Waals surface area contributed by atoms with E-state index >= 15 is 0 Å². The van der Waals surface area contributed by atoms with E-state index in [-0.39, 0.29) is 4.90 Å². The number of aromatic nitrogens is 2. The molecule has 0 aliphatic carbocycles. The van der Waals surface area contributed by atoms with Gasteiger partial charge in [-0.25, -0.2) is 22.2 Å². The lowest BCUT2D eigenvalue weighted by Crippen LogP contribution is -2.31. The molecule has 1 atom stereocenters. The minimum absolute atomic E-state index is 0.360. The maximum atomic E-state index is 13.4. The Morgan fingerprint density at radius 2 is 1.80 bits per heavy atom. The van der Waals surface area contributed by atoms with Gasteiger partial charge in [0.25, 0.3) is 0 Å². The lowest BCUT2D eigenvalue weighted by molar-refractivity contribution is 0.503. The zero-order chi connectivity index (χ0) is 18.0. The molecule has 25 heavy (non-hydrogen) atoms. The van der Waals surface area contributed by atoms with E-state index in [1.54, 1.807) is 48.3 Å². The van der Waals surface area contributed by atoms with Crippen molar-refractivity contribution in [1.29, 1.82) is 0 Å². The highest BCUT2D eigenvalue weighted by molar-refractivity contribution is 7.89. The highest BCUT2D eigenvalue weighted by Gasteiger charge is 2.26. The minimum atomic E-state index is -4.10. The van der Waals surface area contributed by atoms with E-state index in [9.17, 15) is 17.2 Å². The van der Waals surface area contributed by atoms with Crippen molar-refractivity contribution >= 4 is 10.0 Å². The Hall–Kier alpha value is -2.58. The van der Waals surface area contributed by atoms with E-state index in [1.807, 2.05) is 6.07 Å². The predicted molar refractivity (Wildman–Crippen MR) is 88.2 cm³/mol. The van der Waals surface area contributed by atoms with E-state index in [2.05, 4.69) is 9.71 Å². The molecule has 8 heteroatoms. The number of benzene rings is 2. The van der Waals surface area contributed by atoms with Crippen LogP contribution in [0.25, 0.3) is 0 Å². The average molecular weight is 363 g/mol. The molecule has 0 spiro atoms. The van der Waals surface area contributed by atoms with Gasteiger partial charge in [-0.1, -0.05) is 30.3 Å². The van der Waals surface area contributed by atoms with Gasteiger partial charge in [-0.3, -0.25) is 0 Å². The third kappa shape index (κ3) is 3.59. The van der Waals surface area contributed by atoms with Gasteiger partial charge >= 0.3 is 0 Å². The number of nitrogens with zero attached hydrogens (tertiary/aromatic N) is 2. The van der Waals surface area contributed by atoms with Crippen molar-refractivity contribution < 1.29 is 17.2 Å². The number of halogens is 2. The van der Waals surface area contributed by atoms with Crippen LogP contribution < -0.4 is 4.72 Å². The SMILES string of the molecule is Cn1ccnc1C(NS(=O)(=O)c1ccc(F)c(F)c1)c1ccccc1. The summed E-state index contributed by atoms with van der Waals surface area (Å²) in [5.41, 5.74) is 0.669. The molecule has 3 rings (SSSR count). The number of nitrogens with one attached hydrogen (secondary N) is 1. The first-order chi connectivity index (χ1) is 11.9. The number of rotatable bonds is 5. The van der Waals surface area contributed by atoms with Crippen LogP contribution in [0.15, 0.2) is 65.8 Å². The van der Waals surface area contributed by atoms with E-state index in [1.165, 1.54) is 0 Å². The Kier molecular flexibility index (Phi) is 4.65. The molecule has 1 aromatic heterocycles. The molecule has 2 aromatic carbocycles. The maximum Gasteiger partial charge on any atom is 0.241 e. The molecule has 0 fully saturated rings. The molecule has 3 aromatic rings. The van der Waals surface area contributed by atoms with Crippen LogP contribution in [-0.4, -0.2) is 18.0 Å². The quantitative estimate of drug-likeness (QED) is 0.758. The Balaban J connectivity index is 2.03. The highest BCUT2D eigenvalue weighted by Crippen LogP contribution is 2.23. The van der Waals surface area contributed by atoms with Gasteiger partial charge in [0.1, 0.15) is 11.9 Å². The average Bonchev–Trinajstić information content (AvgIpc) is 3.02. The lowest BCUT2D eigenvalue weighted by atomic mass is 10.1. The van der Waals surface area contributed by atoms with Crippen molar-refractivity contribution in [3.05, 3.63) is 83.9 Å². The van der Waals surface area contributed by atoms with E-state index in [0.29, 0.717) is 17.5 Å². The molecular formula is C17H15F2N3O2S. The largest absolute Gasteiger partial charge is 0.336 e. The van der Waals surface area contributed by atoms with E-state index < -0.39 is 27.7 Å². The molecule has 0 saturated heterocycles. The van der Waals surface area contributed by atoms with Crippen LogP contribution in [-0.2, 0) is 17.1 Å². The van der Waals surface area contributed by atoms with Crippen molar-refractivity contribution in [1.82, 2.24) is 14.3 Å². The first-order valence-electron chi connectivity index (χ1n) is 7.38. The summed E-state index contributed by atoms with van der Waals surface area (Å²) in [4.78, 5) is 3.84. The highest BCUT2D eigenvalue weighted by atomic mass is 32.2. The second-order valence-corrected chi connectivity index (χ2v) is 7.15. The van der Waals surface area contributed by atoms with Gasteiger partial charge in [0.15, 0.2) is 11.6 Å². The smallest absolute Gasteiger partial charge is 0.241 e. The summed E-state index contributed by atoms with van der Waals surface area (Å²) in [6.45, 7) is 0. The fourth-order valence-corrected chi connectivity index (χ4v) is 3.63. The van der Waals surface area contributed by atoms with Crippen molar-refractivity contribution in [3.63, 3.8) is 0 Å². The molecule has 0 bridgehead atoms. The van der Waals surface area contributed by atoms with Gasteiger partial charge < -0.3 is 4.57 Å². The maximum absolute atomic E-state index is 13.4. The number of aryl methyl sites for hydroxylation is 1. The van der Waals surface area contributed by atoms with Gasteiger partial charge in [0.05, 0.1) is 4.90 Å². The third-order valence-electron chi connectivity index (χ3n) is 3.72. The molecule has 0 radical (unpaired) electrons. The minimum Gasteiger partial charge on any atom is -0.336 e. The van der Waals surface area contributed by atoms with Gasteiger partial charge in [-0.2, -0.15) is 4.72 Å². The second kappa shape index (κ2) is 6.73. The molecule has 5 nitrogen and oxygen atoms in total. The molecule has 130 valence electrons. The van der Waals surface area contributed by atoms with Crippen LogP contribution in [0.3, 0.4) is 0 Å². The number of hydrogen-bond donors (Lipinski definition) is 1. The molecule has 1 heterocycles. The van der Waals surface area contributed by atoms with E-state index in [4.69, 9.17) is 0 Å². The number of hydrogen-bond acceptors (Lipinski definition) is 3. The third-order valence-corrected chi connectivity index (χ3v) is 5.14. The predicted octanol–water partition coefficient (Wildman–Crippen LogP) is 2.77. The van der Waals surface area contributed by atoms with Crippen molar-refractivity contribution in [2.45, 2.75) is 10.9 Å². The van der Waals surface area contributed by atoms with Gasteiger partial charge in [-0.05, 0) is 23.8 Å². The Morgan fingerprint density at radius 3 is 2.40 bits per heavy atom. The summed E-state index contributed by atoms with van der Waals surface area (Å²) in [7, 11) is -2.36. The molecule has 0 amide bonds. The zero-order valence-corrected chi connectivity index (χ0v) is 14.0. The summed E-state index contributed by atoms with van der Waals surface area (Å²) in [6.07, 6.45) is 3.24. The zero-order valence-electron chi connectivity index (χ0n) is 13.2. The number of imidazole rings is 1. The van der Waals surface area contributed by atoms with Crippen LogP contribution in [0, 0.1) is 11.6 Å². The van der Waals surface area contributed by atoms with Crippen LogP contribution >= 0.6 is 0 Å². The van der Waals surface area contributed by atoms with Crippen LogP contribution in [0.1, 0.15) is 17.4 Å². The standard InChI is InChI=1S/C17H15F2N3O2S/c1-22-10-9-20-17(22)16(12-5-3-2-4-6-12)21-25(23,24)13-7-8-14(18)15(19)11-13/h2-11,16,21H,1H3. The Bertz CT molecular complexity index is 988. The van der Waals surface area contributed by atoms with Crippen LogP contribution in [0.4, 0.5) is 8.78 Å². The summed E-state index contributed by atoms with van der Waals surface area (Å²) < 4.78 is 56.0.